The van der Waals surface area contributed by atoms with Crippen LogP contribution in [0.5, 0.6) is 0 Å². The number of halogens is 3. The molecule has 1 saturated carbocycles. The summed E-state index contributed by atoms with van der Waals surface area (Å²) in [6.07, 6.45) is 3.52. The number of rotatable bonds is 11. The van der Waals surface area contributed by atoms with Crippen LogP contribution in [0, 0.1) is 11.8 Å². The van der Waals surface area contributed by atoms with E-state index in [0.717, 1.165) is 75.5 Å². The predicted octanol–water partition coefficient (Wildman–Crippen LogP) is 5.64. The normalized spacial score (nSPS) is 20.5. The van der Waals surface area contributed by atoms with Crippen molar-refractivity contribution in [2.45, 2.75) is 69.9 Å². The smallest absolute Gasteiger partial charge is 0.304 e. The van der Waals surface area contributed by atoms with Crippen LogP contribution in [0.2, 0.25) is 0 Å². The van der Waals surface area contributed by atoms with Crippen molar-refractivity contribution >= 4 is 10.0 Å². The van der Waals surface area contributed by atoms with Crippen LogP contribution in [0.15, 0.2) is 29.2 Å². The molecule has 0 bridgehead atoms. The topological polar surface area (TPSA) is 40.6 Å². The van der Waals surface area contributed by atoms with Gasteiger partial charge in [-0.2, -0.15) is 13.2 Å². The fourth-order valence-corrected chi connectivity index (χ4v) is 5.72. The molecule has 0 radical (unpaired) electrons. The fourth-order valence-electron chi connectivity index (χ4n) is 4.47. The molecule has 0 aromatic heterocycles. The highest BCUT2D eigenvalue weighted by Crippen LogP contribution is 2.33. The van der Waals surface area contributed by atoms with Crippen LogP contribution in [-0.4, -0.2) is 50.8 Å². The van der Waals surface area contributed by atoms with Gasteiger partial charge in [0.1, 0.15) is 0 Å². The van der Waals surface area contributed by atoms with Crippen molar-refractivity contribution in [3.63, 3.8) is 0 Å². The third-order valence-corrected chi connectivity index (χ3v) is 8.44. The van der Waals surface area contributed by atoms with Gasteiger partial charge in [0.05, 0.1) is 10.5 Å². The maximum absolute atomic E-state index is 12.8. The average Bonchev–Trinajstić information content (AvgIpc) is 2.74. The minimum atomic E-state index is -4.47. The number of hydrogen-bond acceptors (Lipinski definition) is 3. The van der Waals surface area contributed by atoms with Crippen molar-refractivity contribution in [2.24, 2.45) is 11.8 Å². The zero-order valence-corrected chi connectivity index (χ0v) is 19.8. The van der Waals surface area contributed by atoms with Crippen molar-refractivity contribution in [1.29, 1.82) is 0 Å². The molecule has 1 aliphatic rings. The lowest BCUT2D eigenvalue weighted by molar-refractivity contribution is -0.137. The first-order chi connectivity index (χ1) is 14.6. The highest BCUT2D eigenvalue weighted by molar-refractivity contribution is 7.89. The molecule has 1 fully saturated rings. The van der Waals surface area contributed by atoms with E-state index in [1.165, 1.54) is 30.6 Å². The van der Waals surface area contributed by atoms with Crippen LogP contribution in [0.3, 0.4) is 0 Å². The van der Waals surface area contributed by atoms with Crippen LogP contribution in [-0.2, 0) is 16.2 Å². The van der Waals surface area contributed by atoms with Gasteiger partial charge in [-0.25, -0.2) is 12.7 Å². The molecule has 1 aliphatic carbocycles. The quantitative estimate of drug-likeness (QED) is 0.399. The first-order valence-corrected chi connectivity index (χ1v) is 12.9. The number of benzene rings is 1. The molecule has 0 saturated heterocycles. The summed E-state index contributed by atoms with van der Waals surface area (Å²) >= 11 is 0. The molecule has 4 nitrogen and oxygen atoms in total. The number of unbranched alkanes of at least 4 members (excludes halogenated alkanes) is 1. The summed E-state index contributed by atoms with van der Waals surface area (Å²) < 4.78 is 65.0. The Bertz CT molecular complexity index is 754. The lowest BCUT2D eigenvalue weighted by Crippen LogP contribution is -2.33. The van der Waals surface area contributed by atoms with E-state index in [2.05, 4.69) is 18.7 Å². The SMILES string of the molecule is CCN(CC)CCCC[C@H]1CC[C@H](CN(C)S(=O)(=O)c2ccc(C(F)(F)F)cc2)CC1. The van der Waals surface area contributed by atoms with Gasteiger partial charge in [-0.05, 0) is 75.0 Å². The lowest BCUT2D eigenvalue weighted by Gasteiger charge is -2.31. The molecule has 0 amide bonds. The number of nitrogens with zero attached hydrogens (tertiary/aromatic N) is 2. The van der Waals surface area contributed by atoms with Crippen LogP contribution in [0.4, 0.5) is 13.2 Å². The van der Waals surface area contributed by atoms with E-state index in [-0.39, 0.29) is 4.90 Å². The Balaban J connectivity index is 1.78. The predicted molar refractivity (Wildman–Crippen MR) is 118 cm³/mol. The van der Waals surface area contributed by atoms with E-state index >= 15 is 0 Å². The fraction of sp³-hybridized carbons (Fsp3) is 0.739. The molecule has 0 aliphatic heterocycles. The largest absolute Gasteiger partial charge is 0.416 e. The molecule has 178 valence electrons. The molecular formula is C23H37F3N2O2S. The molecule has 0 unspecified atom stereocenters. The third-order valence-electron chi connectivity index (χ3n) is 6.60. The monoisotopic (exact) mass is 462 g/mol. The van der Waals surface area contributed by atoms with E-state index in [4.69, 9.17) is 0 Å². The molecule has 0 N–H and O–H groups in total. The molecule has 31 heavy (non-hydrogen) atoms. The van der Waals surface area contributed by atoms with Gasteiger partial charge < -0.3 is 4.90 Å². The summed E-state index contributed by atoms with van der Waals surface area (Å²) in [5.74, 6) is 1.03. The number of hydrogen-bond donors (Lipinski definition) is 0. The van der Waals surface area contributed by atoms with Crippen LogP contribution >= 0.6 is 0 Å². The Hall–Kier alpha value is -1.12. The zero-order chi connectivity index (χ0) is 23.1. The van der Waals surface area contributed by atoms with Gasteiger partial charge >= 0.3 is 6.18 Å². The van der Waals surface area contributed by atoms with Gasteiger partial charge in [-0.15, -0.1) is 0 Å². The zero-order valence-electron chi connectivity index (χ0n) is 19.0. The second-order valence-electron chi connectivity index (χ2n) is 8.72. The maximum atomic E-state index is 12.8. The van der Waals surface area contributed by atoms with Gasteiger partial charge in [0, 0.05) is 13.6 Å². The molecule has 1 aromatic carbocycles. The van der Waals surface area contributed by atoms with E-state index in [1.54, 1.807) is 0 Å². The molecule has 1 aromatic rings. The Morgan fingerprint density at radius 1 is 0.935 bits per heavy atom. The van der Waals surface area contributed by atoms with Crippen molar-refractivity contribution < 1.29 is 21.6 Å². The average molecular weight is 463 g/mol. The van der Waals surface area contributed by atoms with Gasteiger partial charge in [-0.3, -0.25) is 0 Å². The Kier molecular flexibility index (Phi) is 9.83. The molecular weight excluding hydrogens is 425 g/mol. The second-order valence-corrected chi connectivity index (χ2v) is 10.8. The summed E-state index contributed by atoms with van der Waals surface area (Å²) in [7, 11) is -2.26. The van der Waals surface area contributed by atoms with E-state index in [1.807, 2.05) is 0 Å². The van der Waals surface area contributed by atoms with Crippen LogP contribution in [0.25, 0.3) is 0 Å². The number of alkyl halides is 3. The van der Waals surface area contributed by atoms with Crippen LogP contribution < -0.4 is 0 Å². The van der Waals surface area contributed by atoms with Crippen LogP contribution in [0.1, 0.15) is 64.4 Å². The summed E-state index contributed by atoms with van der Waals surface area (Å²) in [5.41, 5.74) is -0.843. The molecule has 8 heteroatoms. The standard InChI is InChI=1S/C23H37F3N2O2S/c1-4-28(5-2)17-7-6-8-19-9-11-20(12-10-19)18-27(3)31(29,30)22-15-13-21(14-16-22)23(24,25)26/h13-16,19-20H,4-12,17-18H2,1-3H3/t19-,20-. The summed E-state index contributed by atoms with van der Waals surface area (Å²) in [6.45, 7) is 8.17. The molecule has 0 atom stereocenters. The number of sulfonamides is 1. The Morgan fingerprint density at radius 3 is 2.00 bits per heavy atom. The summed E-state index contributed by atoms with van der Waals surface area (Å²) in [6, 6.07) is 3.74. The second kappa shape index (κ2) is 11.7. The third kappa shape index (κ3) is 7.75. The minimum Gasteiger partial charge on any atom is -0.304 e. The van der Waals surface area contributed by atoms with Gasteiger partial charge in [-0.1, -0.05) is 39.5 Å². The van der Waals surface area contributed by atoms with Crippen molar-refractivity contribution in [3.05, 3.63) is 29.8 Å². The first kappa shape index (κ1) is 26.1. The molecule has 0 spiro atoms. The lowest BCUT2D eigenvalue weighted by atomic mass is 9.80. The first-order valence-electron chi connectivity index (χ1n) is 11.4. The van der Waals surface area contributed by atoms with Gasteiger partial charge in [0.2, 0.25) is 10.0 Å². The van der Waals surface area contributed by atoms with E-state index in [0.29, 0.717) is 12.5 Å². The van der Waals surface area contributed by atoms with Gasteiger partial charge in [0.25, 0.3) is 0 Å². The highest BCUT2D eigenvalue weighted by Gasteiger charge is 2.32. The maximum Gasteiger partial charge on any atom is 0.416 e. The van der Waals surface area contributed by atoms with E-state index in [9.17, 15) is 21.6 Å². The van der Waals surface area contributed by atoms with Crippen molar-refractivity contribution in [3.8, 4) is 0 Å². The summed E-state index contributed by atoms with van der Waals surface area (Å²) in [4.78, 5) is 2.36. The van der Waals surface area contributed by atoms with Crippen molar-refractivity contribution in [1.82, 2.24) is 9.21 Å². The summed E-state index contributed by atoms with van der Waals surface area (Å²) in [5, 5.41) is 0. The van der Waals surface area contributed by atoms with Crippen molar-refractivity contribution in [2.75, 3.05) is 33.2 Å². The van der Waals surface area contributed by atoms with Gasteiger partial charge in [0.15, 0.2) is 0 Å². The highest BCUT2D eigenvalue weighted by atomic mass is 32.2. The Morgan fingerprint density at radius 2 is 1.48 bits per heavy atom. The minimum absolute atomic E-state index is 0.0927. The van der Waals surface area contributed by atoms with E-state index < -0.39 is 21.8 Å². The molecule has 2 rings (SSSR count). The Labute approximate surface area is 185 Å². The molecule has 0 heterocycles.